The average Bonchev–Trinajstić information content (AvgIpc) is 3.22. The van der Waals surface area contributed by atoms with E-state index in [0.717, 1.165) is 17.4 Å². The smallest absolute Gasteiger partial charge is 0.221 e. The summed E-state index contributed by atoms with van der Waals surface area (Å²) in [4.78, 5) is 11.5. The van der Waals surface area contributed by atoms with Gasteiger partial charge in [0.2, 0.25) is 5.91 Å². The van der Waals surface area contributed by atoms with E-state index in [1.54, 1.807) is 6.92 Å². The molecule has 1 aliphatic heterocycles. The standard InChI is InChI=1S/C29H55N3O/c1-5-7-8-9-10-11-12-13-14-15-16-17-18-19-20-21-22-23-24-29-30-25-26-32(29,6-2)27(3)31-28(4)33/h16-17,25-27,29-30H,5-15,18-24H2,1-4H3/p+1/b17-16+. The zero-order chi connectivity index (χ0) is 24.2. The Hall–Kier alpha value is -1.29. The Morgan fingerprint density at radius 2 is 1.39 bits per heavy atom. The number of nitrogens with zero attached hydrogens (tertiary/aromatic N) is 1. The summed E-state index contributed by atoms with van der Waals surface area (Å²) < 4.78 is 0.809. The molecule has 0 bridgehead atoms. The van der Waals surface area contributed by atoms with Gasteiger partial charge in [-0.25, -0.2) is 0 Å². The molecule has 0 aromatic heterocycles. The summed E-state index contributed by atoms with van der Waals surface area (Å²) in [5, 5.41) is 6.64. The van der Waals surface area contributed by atoms with Crippen molar-refractivity contribution in [2.24, 2.45) is 0 Å². The van der Waals surface area contributed by atoms with Crippen LogP contribution in [0.25, 0.3) is 0 Å². The second-order valence-electron chi connectivity index (χ2n) is 10.1. The first kappa shape index (κ1) is 29.7. The van der Waals surface area contributed by atoms with Crippen molar-refractivity contribution in [3.63, 3.8) is 0 Å². The molecule has 33 heavy (non-hydrogen) atoms. The largest absolute Gasteiger partial charge is 0.338 e. The molecule has 0 fully saturated rings. The third kappa shape index (κ3) is 12.7. The van der Waals surface area contributed by atoms with Gasteiger partial charge in [-0.3, -0.25) is 9.28 Å². The highest BCUT2D eigenvalue weighted by Crippen LogP contribution is 2.26. The molecule has 1 amide bonds. The van der Waals surface area contributed by atoms with Crippen LogP contribution in [-0.2, 0) is 4.79 Å². The van der Waals surface area contributed by atoms with Crippen LogP contribution in [0.5, 0.6) is 0 Å². The highest BCUT2D eigenvalue weighted by molar-refractivity contribution is 5.72. The van der Waals surface area contributed by atoms with Crippen LogP contribution in [0.2, 0.25) is 0 Å². The number of rotatable bonds is 21. The van der Waals surface area contributed by atoms with Crippen molar-refractivity contribution < 1.29 is 9.28 Å². The Morgan fingerprint density at radius 1 is 0.879 bits per heavy atom. The van der Waals surface area contributed by atoms with Crippen molar-refractivity contribution in [1.29, 1.82) is 0 Å². The molecule has 0 saturated carbocycles. The average molecular weight is 463 g/mol. The van der Waals surface area contributed by atoms with Crippen molar-refractivity contribution in [3.8, 4) is 0 Å². The van der Waals surface area contributed by atoms with Crippen LogP contribution in [0.4, 0.5) is 0 Å². The molecular weight excluding hydrogens is 406 g/mol. The van der Waals surface area contributed by atoms with E-state index >= 15 is 0 Å². The maximum absolute atomic E-state index is 11.5. The highest BCUT2D eigenvalue weighted by atomic mass is 16.1. The minimum absolute atomic E-state index is 0.0507. The fraction of sp³-hybridized carbons (Fsp3) is 0.828. The number of allylic oxidation sites excluding steroid dienone is 2. The summed E-state index contributed by atoms with van der Waals surface area (Å²) in [7, 11) is 0. The highest BCUT2D eigenvalue weighted by Gasteiger charge is 2.41. The number of quaternary nitrogens is 1. The molecule has 0 spiro atoms. The van der Waals surface area contributed by atoms with Gasteiger partial charge < -0.3 is 10.6 Å². The van der Waals surface area contributed by atoms with E-state index in [1.807, 2.05) is 0 Å². The molecule has 192 valence electrons. The third-order valence-corrected chi connectivity index (χ3v) is 7.39. The predicted molar refractivity (Wildman–Crippen MR) is 143 cm³/mol. The zero-order valence-electron chi connectivity index (χ0n) is 22.5. The van der Waals surface area contributed by atoms with E-state index < -0.39 is 0 Å². The minimum Gasteiger partial charge on any atom is -0.338 e. The van der Waals surface area contributed by atoms with Crippen molar-refractivity contribution >= 4 is 5.91 Å². The molecule has 4 heteroatoms. The van der Waals surface area contributed by atoms with Crippen LogP contribution >= 0.6 is 0 Å². The number of unbranched alkanes of at least 4 members (excludes halogenated alkanes) is 14. The Kier molecular flexibility index (Phi) is 17.2. The van der Waals surface area contributed by atoms with E-state index in [0.29, 0.717) is 6.17 Å². The van der Waals surface area contributed by atoms with Gasteiger partial charge in [-0.2, -0.15) is 0 Å². The van der Waals surface area contributed by atoms with Gasteiger partial charge in [-0.15, -0.1) is 0 Å². The first-order valence-corrected chi connectivity index (χ1v) is 14.3. The lowest BCUT2D eigenvalue weighted by atomic mass is 10.1. The van der Waals surface area contributed by atoms with Crippen LogP contribution in [-0.4, -0.2) is 29.3 Å². The number of carbonyl (C=O) groups is 1. The van der Waals surface area contributed by atoms with Gasteiger partial charge in [0.15, 0.2) is 12.3 Å². The second kappa shape index (κ2) is 19.1. The SMILES string of the molecule is CCCCCCCCCCC/C=C/CCCCCCCC1NC=C[N+]1(CC)C(C)NC(C)=O. The summed E-state index contributed by atoms with van der Waals surface area (Å²) in [5.74, 6) is 0.0507. The van der Waals surface area contributed by atoms with Crippen LogP contribution in [0.1, 0.15) is 137 Å². The molecule has 0 saturated heterocycles. The Morgan fingerprint density at radius 3 is 1.91 bits per heavy atom. The summed E-state index contributed by atoms with van der Waals surface area (Å²) in [5.41, 5.74) is 0. The van der Waals surface area contributed by atoms with Crippen molar-refractivity contribution in [2.75, 3.05) is 6.54 Å². The maximum atomic E-state index is 11.5. The molecule has 3 unspecified atom stereocenters. The normalized spacial score (nSPS) is 20.9. The molecule has 2 N–H and O–H groups in total. The molecule has 1 heterocycles. The van der Waals surface area contributed by atoms with Gasteiger partial charge in [0.1, 0.15) is 6.20 Å². The molecular formula is C29H56N3O+. The minimum atomic E-state index is 0.0507. The van der Waals surface area contributed by atoms with Gasteiger partial charge in [0, 0.05) is 20.3 Å². The van der Waals surface area contributed by atoms with E-state index in [9.17, 15) is 4.79 Å². The van der Waals surface area contributed by atoms with Gasteiger partial charge in [0.25, 0.3) is 0 Å². The Labute approximate surface area is 206 Å². The first-order valence-electron chi connectivity index (χ1n) is 14.3. The lowest BCUT2D eigenvalue weighted by molar-refractivity contribution is -0.923. The number of nitrogens with one attached hydrogen (secondary N) is 2. The maximum Gasteiger partial charge on any atom is 0.221 e. The van der Waals surface area contributed by atoms with E-state index in [4.69, 9.17) is 0 Å². The summed E-state index contributed by atoms with van der Waals surface area (Å²) in [6, 6.07) is 0. The number of carbonyl (C=O) groups excluding carboxylic acids is 1. The Balaban J connectivity index is 1.99. The number of amides is 1. The third-order valence-electron chi connectivity index (χ3n) is 7.39. The topological polar surface area (TPSA) is 41.1 Å². The van der Waals surface area contributed by atoms with Crippen LogP contribution in [0, 0.1) is 0 Å². The number of hydrogen-bond acceptors (Lipinski definition) is 2. The quantitative estimate of drug-likeness (QED) is 0.103. The van der Waals surface area contributed by atoms with E-state index in [2.05, 4.69) is 56.0 Å². The fourth-order valence-corrected chi connectivity index (χ4v) is 5.21. The first-order chi connectivity index (χ1) is 16.1. The number of hydrogen-bond donors (Lipinski definition) is 2. The molecule has 4 nitrogen and oxygen atoms in total. The van der Waals surface area contributed by atoms with Crippen molar-refractivity contribution in [3.05, 3.63) is 24.6 Å². The predicted octanol–water partition coefficient (Wildman–Crippen LogP) is 7.91. The van der Waals surface area contributed by atoms with Crippen LogP contribution < -0.4 is 10.6 Å². The van der Waals surface area contributed by atoms with E-state index in [-0.39, 0.29) is 12.1 Å². The lowest BCUT2D eigenvalue weighted by Crippen LogP contribution is -2.62. The van der Waals surface area contributed by atoms with Gasteiger partial charge in [-0.1, -0.05) is 89.7 Å². The van der Waals surface area contributed by atoms with Gasteiger partial charge >= 0.3 is 0 Å². The van der Waals surface area contributed by atoms with Gasteiger partial charge in [-0.05, 0) is 39.0 Å². The van der Waals surface area contributed by atoms with Gasteiger partial charge in [0.05, 0.1) is 12.7 Å². The molecule has 0 radical (unpaired) electrons. The fourth-order valence-electron chi connectivity index (χ4n) is 5.21. The zero-order valence-corrected chi connectivity index (χ0v) is 22.5. The van der Waals surface area contributed by atoms with Crippen molar-refractivity contribution in [2.45, 2.75) is 149 Å². The molecule has 1 aliphatic rings. The summed E-state index contributed by atoms with van der Waals surface area (Å²) >= 11 is 0. The molecule has 3 atom stereocenters. The van der Waals surface area contributed by atoms with Crippen LogP contribution in [0.3, 0.4) is 0 Å². The molecule has 0 aromatic rings. The summed E-state index contributed by atoms with van der Waals surface area (Å²) in [6.07, 6.45) is 32.6. The molecule has 1 rings (SSSR count). The van der Waals surface area contributed by atoms with E-state index in [1.165, 1.54) is 103 Å². The second-order valence-corrected chi connectivity index (χ2v) is 10.1. The Bertz CT molecular complexity index is 545. The monoisotopic (exact) mass is 462 g/mol. The summed E-state index contributed by atoms with van der Waals surface area (Å²) in [6.45, 7) is 9.22. The molecule has 0 aliphatic carbocycles. The lowest BCUT2D eigenvalue weighted by Gasteiger charge is -2.41. The molecule has 0 aromatic carbocycles. The van der Waals surface area contributed by atoms with Crippen LogP contribution in [0.15, 0.2) is 24.6 Å². The van der Waals surface area contributed by atoms with Crippen molar-refractivity contribution in [1.82, 2.24) is 10.6 Å².